The molecular weight excluding hydrogens is 230 g/mol. The molecule has 1 heterocycles. The highest BCUT2D eigenvalue weighted by molar-refractivity contribution is 4.93. The predicted molar refractivity (Wildman–Crippen MR) is 82.4 cm³/mol. The lowest BCUT2D eigenvalue weighted by molar-refractivity contribution is 0.0187. The van der Waals surface area contributed by atoms with Crippen molar-refractivity contribution in [3.8, 4) is 0 Å². The van der Waals surface area contributed by atoms with Gasteiger partial charge in [0.1, 0.15) is 0 Å². The summed E-state index contributed by atoms with van der Waals surface area (Å²) >= 11 is 0. The molecule has 3 aliphatic rings. The Labute approximate surface area is 120 Å². The van der Waals surface area contributed by atoms with Gasteiger partial charge in [0.15, 0.2) is 0 Å². The Kier molecular flexibility index (Phi) is 4.84. The van der Waals surface area contributed by atoms with Crippen LogP contribution in [0.2, 0.25) is 0 Å². The lowest BCUT2D eigenvalue weighted by Crippen LogP contribution is -2.46. The first-order chi connectivity index (χ1) is 9.39. The Balaban J connectivity index is 1.67. The van der Waals surface area contributed by atoms with Gasteiger partial charge in [0.2, 0.25) is 0 Å². The van der Waals surface area contributed by atoms with E-state index in [9.17, 15) is 0 Å². The topological polar surface area (TPSA) is 3.24 Å². The third-order valence-electron chi connectivity index (χ3n) is 6.31. The van der Waals surface area contributed by atoms with E-state index in [1.807, 2.05) is 0 Å². The molecule has 0 unspecified atom stereocenters. The van der Waals surface area contributed by atoms with E-state index in [4.69, 9.17) is 0 Å². The van der Waals surface area contributed by atoms with E-state index in [0.29, 0.717) is 0 Å². The number of likely N-dealkylation sites (tertiary alicyclic amines) is 1. The van der Waals surface area contributed by atoms with E-state index in [0.717, 1.165) is 11.3 Å². The van der Waals surface area contributed by atoms with Crippen molar-refractivity contribution in [3.05, 3.63) is 0 Å². The zero-order valence-corrected chi connectivity index (χ0v) is 12.8. The average molecular weight is 263 g/mol. The smallest absolute Gasteiger partial charge is 0.00406 e. The first-order valence-electron chi connectivity index (χ1n) is 9.11. The molecule has 110 valence electrons. The summed E-state index contributed by atoms with van der Waals surface area (Å²) in [5, 5.41) is 0. The van der Waals surface area contributed by atoms with Crippen LogP contribution in [0.25, 0.3) is 0 Å². The van der Waals surface area contributed by atoms with E-state index >= 15 is 0 Å². The molecule has 2 aliphatic carbocycles. The SMILES string of the molecule is C1CCC(C2(CN3CCCCC3)CCCCC2)CC1. The summed E-state index contributed by atoms with van der Waals surface area (Å²) in [5.41, 5.74) is 0.732. The number of rotatable bonds is 3. The van der Waals surface area contributed by atoms with Gasteiger partial charge in [-0.3, -0.25) is 0 Å². The van der Waals surface area contributed by atoms with Gasteiger partial charge in [-0.15, -0.1) is 0 Å². The molecule has 1 saturated heterocycles. The zero-order chi connectivity index (χ0) is 13.0. The van der Waals surface area contributed by atoms with Gasteiger partial charge in [-0.1, -0.05) is 44.9 Å². The first kappa shape index (κ1) is 13.9. The minimum Gasteiger partial charge on any atom is -0.303 e. The third-order valence-corrected chi connectivity index (χ3v) is 6.31. The van der Waals surface area contributed by atoms with Crippen LogP contribution < -0.4 is 0 Å². The van der Waals surface area contributed by atoms with E-state index < -0.39 is 0 Å². The van der Waals surface area contributed by atoms with Crippen molar-refractivity contribution < 1.29 is 0 Å². The molecule has 2 saturated carbocycles. The molecule has 1 heteroatoms. The molecule has 0 spiro atoms. The molecule has 1 nitrogen and oxygen atoms in total. The number of hydrogen-bond donors (Lipinski definition) is 0. The first-order valence-corrected chi connectivity index (χ1v) is 9.11. The lowest BCUT2D eigenvalue weighted by Gasteiger charge is -2.48. The number of piperidine rings is 1. The van der Waals surface area contributed by atoms with Crippen molar-refractivity contribution in [2.75, 3.05) is 19.6 Å². The molecule has 0 aromatic heterocycles. The van der Waals surface area contributed by atoms with Crippen LogP contribution in [0.1, 0.15) is 83.5 Å². The molecule has 0 bridgehead atoms. The minimum absolute atomic E-state index is 0.732. The van der Waals surface area contributed by atoms with E-state index in [1.54, 1.807) is 25.7 Å². The summed E-state index contributed by atoms with van der Waals surface area (Å²) in [4.78, 5) is 2.84. The van der Waals surface area contributed by atoms with Gasteiger partial charge >= 0.3 is 0 Å². The van der Waals surface area contributed by atoms with Crippen molar-refractivity contribution in [1.29, 1.82) is 0 Å². The average Bonchev–Trinajstić information content (AvgIpc) is 2.50. The van der Waals surface area contributed by atoms with Crippen molar-refractivity contribution in [2.24, 2.45) is 11.3 Å². The Hall–Kier alpha value is -0.0400. The number of nitrogens with zero attached hydrogens (tertiary/aromatic N) is 1. The second-order valence-electron chi connectivity index (χ2n) is 7.59. The highest BCUT2D eigenvalue weighted by atomic mass is 15.1. The van der Waals surface area contributed by atoms with Gasteiger partial charge in [0.25, 0.3) is 0 Å². The van der Waals surface area contributed by atoms with Crippen LogP contribution in [-0.2, 0) is 0 Å². The fourth-order valence-corrected chi connectivity index (χ4v) is 5.23. The monoisotopic (exact) mass is 263 g/mol. The Morgan fingerprint density at radius 1 is 0.684 bits per heavy atom. The normalized spacial score (nSPS) is 30.3. The maximum Gasteiger partial charge on any atom is 0.00406 e. The summed E-state index contributed by atoms with van der Waals surface area (Å²) in [6.45, 7) is 4.25. The number of hydrogen-bond acceptors (Lipinski definition) is 1. The van der Waals surface area contributed by atoms with Gasteiger partial charge in [-0.2, -0.15) is 0 Å². The summed E-state index contributed by atoms with van der Waals surface area (Å²) < 4.78 is 0. The van der Waals surface area contributed by atoms with Gasteiger partial charge in [-0.25, -0.2) is 0 Å². The maximum atomic E-state index is 2.84. The molecule has 0 atom stereocenters. The van der Waals surface area contributed by atoms with E-state index in [-0.39, 0.29) is 0 Å². The Morgan fingerprint density at radius 3 is 1.95 bits per heavy atom. The fourth-order valence-electron chi connectivity index (χ4n) is 5.23. The van der Waals surface area contributed by atoms with Crippen LogP contribution in [0.4, 0.5) is 0 Å². The van der Waals surface area contributed by atoms with Crippen LogP contribution in [-0.4, -0.2) is 24.5 Å². The zero-order valence-electron chi connectivity index (χ0n) is 12.8. The van der Waals surface area contributed by atoms with Gasteiger partial charge < -0.3 is 4.90 Å². The molecule has 0 N–H and O–H groups in total. The molecule has 1 aliphatic heterocycles. The molecule has 0 radical (unpaired) electrons. The second kappa shape index (κ2) is 6.61. The van der Waals surface area contributed by atoms with Gasteiger partial charge in [0.05, 0.1) is 0 Å². The predicted octanol–water partition coefficient (Wildman–Crippen LogP) is 5.00. The third kappa shape index (κ3) is 3.35. The van der Waals surface area contributed by atoms with Crippen molar-refractivity contribution in [1.82, 2.24) is 4.90 Å². The molecule has 0 aromatic rings. The van der Waals surface area contributed by atoms with Crippen molar-refractivity contribution in [2.45, 2.75) is 83.5 Å². The molecule has 19 heavy (non-hydrogen) atoms. The lowest BCUT2D eigenvalue weighted by atomic mass is 9.61. The van der Waals surface area contributed by atoms with Crippen molar-refractivity contribution >= 4 is 0 Å². The van der Waals surface area contributed by atoms with Gasteiger partial charge in [0, 0.05) is 6.54 Å². The van der Waals surface area contributed by atoms with Crippen molar-refractivity contribution in [3.63, 3.8) is 0 Å². The summed E-state index contributed by atoms with van der Waals surface area (Å²) in [6.07, 6.45) is 19.7. The fraction of sp³-hybridized carbons (Fsp3) is 1.00. The Morgan fingerprint density at radius 2 is 1.26 bits per heavy atom. The molecular formula is C18H33N. The molecule has 0 amide bonds. The summed E-state index contributed by atoms with van der Waals surface area (Å²) in [6, 6.07) is 0. The molecule has 0 aromatic carbocycles. The summed E-state index contributed by atoms with van der Waals surface area (Å²) in [7, 11) is 0. The highest BCUT2D eigenvalue weighted by Gasteiger charge is 2.41. The molecule has 3 rings (SSSR count). The largest absolute Gasteiger partial charge is 0.303 e. The molecule has 3 fully saturated rings. The van der Waals surface area contributed by atoms with Crippen LogP contribution in [0.5, 0.6) is 0 Å². The summed E-state index contributed by atoms with van der Waals surface area (Å²) in [5.74, 6) is 1.07. The van der Waals surface area contributed by atoms with Crippen LogP contribution >= 0.6 is 0 Å². The maximum absolute atomic E-state index is 2.84. The quantitative estimate of drug-likeness (QED) is 0.692. The van der Waals surface area contributed by atoms with E-state index in [1.165, 1.54) is 77.4 Å². The van der Waals surface area contributed by atoms with Crippen LogP contribution in [0.15, 0.2) is 0 Å². The Bertz CT molecular complexity index is 255. The van der Waals surface area contributed by atoms with Crippen LogP contribution in [0.3, 0.4) is 0 Å². The second-order valence-corrected chi connectivity index (χ2v) is 7.59. The minimum atomic E-state index is 0.732. The van der Waals surface area contributed by atoms with Gasteiger partial charge in [-0.05, 0) is 62.9 Å². The highest BCUT2D eigenvalue weighted by Crippen LogP contribution is 2.48. The van der Waals surface area contributed by atoms with E-state index in [2.05, 4.69) is 4.90 Å². The standard InChI is InChI=1S/C18H33N/c1-4-10-17(11-5-1)18(12-6-2-7-13-18)16-19-14-8-3-9-15-19/h17H,1-16H2. The van der Waals surface area contributed by atoms with Crippen LogP contribution in [0, 0.1) is 11.3 Å².